The van der Waals surface area contributed by atoms with E-state index in [-0.39, 0.29) is 10.7 Å². The van der Waals surface area contributed by atoms with Crippen molar-refractivity contribution in [3.8, 4) is 0 Å². The average molecular weight is 229 g/mol. The molecule has 2 N–H and O–H groups in total. The summed E-state index contributed by atoms with van der Waals surface area (Å²) in [7, 11) is 0. The van der Waals surface area contributed by atoms with E-state index in [1.807, 2.05) is 0 Å². The Morgan fingerprint density at radius 2 is 2.21 bits per heavy atom. The first-order valence-corrected chi connectivity index (χ1v) is 4.91. The Morgan fingerprint density at radius 3 is 2.86 bits per heavy atom. The molecule has 0 spiro atoms. The van der Waals surface area contributed by atoms with E-state index in [1.54, 1.807) is 18.2 Å². The molecule has 1 heterocycles. The van der Waals surface area contributed by atoms with E-state index in [0.29, 0.717) is 10.4 Å². The molecule has 1 aromatic carbocycles. The number of nitrogens with zero attached hydrogens (tertiary/aromatic N) is 1. The molecule has 72 valence electrons. The highest BCUT2D eigenvalue weighted by atomic mass is 35.5. The van der Waals surface area contributed by atoms with Gasteiger partial charge in [0.25, 0.3) is 0 Å². The smallest absolute Gasteiger partial charge is 0.348 e. The number of nitrogens with two attached hydrogens (primary N) is 1. The van der Waals surface area contributed by atoms with E-state index in [2.05, 4.69) is 0 Å². The van der Waals surface area contributed by atoms with Crippen LogP contribution in [0.15, 0.2) is 18.2 Å². The topological polar surface area (TPSA) is 69.2 Å². The lowest BCUT2D eigenvalue weighted by atomic mass is 10.2. The van der Waals surface area contributed by atoms with Crippen LogP contribution in [0.5, 0.6) is 0 Å². The normalized spacial score (nSPS) is 10.6. The van der Waals surface area contributed by atoms with Gasteiger partial charge in [-0.3, -0.25) is 10.1 Å². The Labute approximate surface area is 88.0 Å². The van der Waals surface area contributed by atoms with Crippen LogP contribution >= 0.6 is 22.9 Å². The zero-order valence-corrected chi connectivity index (χ0v) is 8.43. The monoisotopic (exact) mass is 228 g/mol. The van der Waals surface area contributed by atoms with Crippen LogP contribution in [0.3, 0.4) is 0 Å². The van der Waals surface area contributed by atoms with Crippen LogP contribution in [-0.4, -0.2) is 4.92 Å². The average Bonchev–Trinajstić information content (AvgIpc) is 2.43. The number of nitrogen functional groups attached to an aromatic ring is 1. The molecule has 0 fully saturated rings. The highest BCUT2D eigenvalue weighted by Crippen LogP contribution is 2.40. The van der Waals surface area contributed by atoms with Crippen LogP contribution in [0.25, 0.3) is 10.1 Å². The number of rotatable bonds is 1. The molecule has 0 saturated heterocycles. The van der Waals surface area contributed by atoms with Gasteiger partial charge < -0.3 is 5.73 Å². The number of nitro groups is 1. The second kappa shape index (κ2) is 3.11. The van der Waals surface area contributed by atoms with Gasteiger partial charge in [-0.15, -0.1) is 0 Å². The first-order valence-electron chi connectivity index (χ1n) is 3.71. The molecule has 2 aromatic rings. The SMILES string of the molecule is Nc1c([N+](=O)[O-])sc2cc(Cl)ccc12. The van der Waals surface area contributed by atoms with Gasteiger partial charge in [-0.2, -0.15) is 0 Å². The number of hydrogen-bond acceptors (Lipinski definition) is 4. The van der Waals surface area contributed by atoms with E-state index in [0.717, 1.165) is 16.0 Å². The second-order valence-corrected chi connectivity index (χ2v) is 4.19. The second-order valence-electron chi connectivity index (χ2n) is 2.72. The fourth-order valence-electron chi connectivity index (χ4n) is 1.21. The molecular formula is C8H5ClN2O2S. The first kappa shape index (κ1) is 9.23. The van der Waals surface area contributed by atoms with Crippen molar-refractivity contribution in [3.05, 3.63) is 33.3 Å². The molecule has 0 amide bonds. The van der Waals surface area contributed by atoms with Crippen molar-refractivity contribution in [2.75, 3.05) is 5.73 Å². The maximum absolute atomic E-state index is 10.6. The summed E-state index contributed by atoms with van der Waals surface area (Å²) >= 11 is 6.79. The lowest BCUT2D eigenvalue weighted by molar-refractivity contribution is -0.379. The van der Waals surface area contributed by atoms with Gasteiger partial charge in [0.05, 0.1) is 4.92 Å². The van der Waals surface area contributed by atoms with E-state index >= 15 is 0 Å². The zero-order valence-electron chi connectivity index (χ0n) is 6.86. The summed E-state index contributed by atoms with van der Waals surface area (Å²) in [6.45, 7) is 0. The lowest BCUT2D eigenvalue weighted by Crippen LogP contribution is -1.90. The molecule has 0 aliphatic heterocycles. The molecule has 14 heavy (non-hydrogen) atoms. The summed E-state index contributed by atoms with van der Waals surface area (Å²) < 4.78 is 0.738. The molecule has 0 aliphatic rings. The molecule has 4 nitrogen and oxygen atoms in total. The minimum atomic E-state index is -0.478. The van der Waals surface area contributed by atoms with Crippen LogP contribution < -0.4 is 5.73 Å². The third-order valence-corrected chi connectivity index (χ3v) is 3.19. The number of fused-ring (bicyclic) bond motifs is 1. The maximum atomic E-state index is 10.6. The standard InChI is InChI=1S/C8H5ClN2O2S/c9-4-1-2-5-6(3-4)14-8(7(5)10)11(12)13/h1-3H,10H2. The van der Waals surface area contributed by atoms with Crippen LogP contribution in [0.1, 0.15) is 0 Å². The van der Waals surface area contributed by atoms with E-state index in [4.69, 9.17) is 17.3 Å². The minimum Gasteiger partial charge on any atom is -0.392 e. The van der Waals surface area contributed by atoms with E-state index < -0.39 is 4.92 Å². The van der Waals surface area contributed by atoms with Gasteiger partial charge in [0, 0.05) is 15.1 Å². The fourth-order valence-corrected chi connectivity index (χ4v) is 2.43. The Bertz CT molecular complexity index is 523. The van der Waals surface area contributed by atoms with Crippen molar-refractivity contribution in [2.24, 2.45) is 0 Å². The summed E-state index contributed by atoms with van der Waals surface area (Å²) in [5, 5.41) is 11.8. The minimum absolute atomic E-state index is 0.0257. The van der Waals surface area contributed by atoms with Gasteiger partial charge >= 0.3 is 5.00 Å². The number of halogens is 1. The van der Waals surface area contributed by atoms with E-state index in [1.165, 1.54) is 0 Å². The summed E-state index contributed by atoms with van der Waals surface area (Å²) in [5.41, 5.74) is 5.83. The van der Waals surface area contributed by atoms with Gasteiger partial charge in [0.15, 0.2) is 0 Å². The molecule has 0 aliphatic carbocycles. The highest BCUT2D eigenvalue weighted by Gasteiger charge is 2.18. The molecule has 0 radical (unpaired) electrons. The van der Waals surface area contributed by atoms with Crippen molar-refractivity contribution >= 4 is 43.7 Å². The Hall–Kier alpha value is -1.33. The van der Waals surface area contributed by atoms with Crippen LogP contribution in [0.4, 0.5) is 10.7 Å². The molecular weight excluding hydrogens is 224 g/mol. The largest absolute Gasteiger partial charge is 0.392 e. The van der Waals surface area contributed by atoms with Crippen molar-refractivity contribution in [2.45, 2.75) is 0 Å². The highest BCUT2D eigenvalue weighted by molar-refractivity contribution is 7.23. The predicted molar refractivity (Wildman–Crippen MR) is 57.9 cm³/mol. The fraction of sp³-hybridized carbons (Fsp3) is 0. The summed E-state index contributed by atoms with van der Waals surface area (Å²) in [5.74, 6) is 0. The molecule has 6 heteroatoms. The Kier molecular flexibility index (Phi) is 2.05. The lowest BCUT2D eigenvalue weighted by Gasteiger charge is -1.90. The summed E-state index contributed by atoms with van der Waals surface area (Å²) in [6, 6.07) is 5.03. The third-order valence-electron chi connectivity index (χ3n) is 1.84. The Balaban J connectivity index is 2.79. The van der Waals surface area contributed by atoms with Crippen molar-refractivity contribution in [1.29, 1.82) is 0 Å². The van der Waals surface area contributed by atoms with Crippen molar-refractivity contribution < 1.29 is 4.92 Å². The predicted octanol–water partition coefficient (Wildman–Crippen LogP) is 3.05. The Morgan fingerprint density at radius 1 is 1.50 bits per heavy atom. The summed E-state index contributed by atoms with van der Waals surface area (Å²) in [4.78, 5) is 10.1. The van der Waals surface area contributed by atoms with Crippen LogP contribution in [0, 0.1) is 10.1 Å². The molecule has 0 unspecified atom stereocenters. The first-order chi connectivity index (χ1) is 6.59. The van der Waals surface area contributed by atoms with E-state index in [9.17, 15) is 10.1 Å². The number of thiophene rings is 1. The zero-order chi connectivity index (χ0) is 10.3. The molecule has 1 aromatic heterocycles. The van der Waals surface area contributed by atoms with Gasteiger partial charge in [0.1, 0.15) is 5.69 Å². The number of anilines is 1. The van der Waals surface area contributed by atoms with Crippen molar-refractivity contribution in [1.82, 2.24) is 0 Å². The van der Waals surface area contributed by atoms with Gasteiger partial charge in [0.2, 0.25) is 0 Å². The maximum Gasteiger partial charge on any atom is 0.348 e. The van der Waals surface area contributed by atoms with Crippen molar-refractivity contribution in [3.63, 3.8) is 0 Å². The molecule has 0 bridgehead atoms. The quantitative estimate of drug-likeness (QED) is 0.602. The summed E-state index contributed by atoms with van der Waals surface area (Å²) in [6.07, 6.45) is 0. The number of hydrogen-bond donors (Lipinski definition) is 1. The molecule has 2 rings (SSSR count). The van der Waals surface area contributed by atoms with Gasteiger partial charge in [-0.05, 0) is 18.2 Å². The van der Waals surface area contributed by atoms with Gasteiger partial charge in [-0.25, -0.2) is 0 Å². The third kappa shape index (κ3) is 1.30. The molecule has 0 atom stereocenters. The molecule has 0 saturated carbocycles. The van der Waals surface area contributed by atoms with Gasteiger partial charge in [-0.1, -0.05) is 22.9 Å². The van der Waals surface area contributed by atoms with Crippen LogP contribution in [0.2, 0.25) is 5.02 Å². The number of benzene rings is 1. The van der Waals surface area contributed by atoms with Crippen LogP contribution in [-0.2, 0) is 0 Å².